The lowest BCUT2D eigenvalue weighted by atomic mass is 9.41. The van der Waals surface area contributed by atoms with E-state index >= 15 is 4.79 Å². The first-order chi connectivity index (χ1) is 46.8. The van der Waals surface area contributed by atoms with E-state index in [1.807, 2.05) is 0 Å². The van der Waals surface area contributed by atoms with Gasteiger partial charge in [0.15, 0.2) is 43.8 Å². The second-order valence-electron chi connectivity index (χ2n) is 29.2. The van der Waals surface area contributed by atoms with Crippen LogP contribution in [0, 0.1) is 28.1 Å². The molecule has 0 amide bonds. The van der Waals surface area contributed by atoms with Gasteiger partial charge in [-0.1, -0.05) is 19.9 Å². The Morgan fingerprint density at radius 3 is 1.19 bits per heavy atom. The Morgan fingerprint density at radius 1 is 0.404 bits per heavy atom. The molecule has 4 saturated carbocycles. The molecule has 11 rings (SSSR count). The average Bonchev–Trinajstić information content (AvgIpc) is 1.62. The van der Waals surface area contributed by atoms with Crippen molar-refractivity contribution in [2.45, 2.75) is 299 Å². The molecule has 99 heavy (non-hydrogen) atoms. The van der Waals surface area contributed by atoms with Crippen LogP contribution in [-0.4, -0.2) is 378 Å². The van der Waals surface area contributed by atoms with Gasteiger partial charge in [0, 0.05) is 0 Å². The van der Waals surface area contributed by atoms with E-state index in [9.17, 15) is 112 Å². The Labute approximate surface area is 566 Å². The van der Waals surface area contributed by atoms with Gasteiger partial charge >= 0.3 is 5.97 Å². The zero-order chi connectivity index (χ0) is 72.0. The van der Waals surface area contributed by atoms with Crippen LogP contribution >= 0.6 is 0 Å². The fourth-order valence-corrected chi connectivity index (χ4v) is 17.9. The zero-order valence-electron chi connectivity index (χ0n) is 54.6. The maximum Gasteiger partial charge on any atom is 0.314 e. The molecule has 7 saturated heterocycles. The highest BCUT2D eigenvalue weighted by molar-refractivity contribution is 5.77. The summed E-state index contributed by atoms with van der Waals surface area (Å²) in [7, 11) is 0. The molecule has 37 nitrogen and oxygen atoms in total. The van der Waals surface area contributed by atoms with Crippen LogP contribution in [0.4, 0.5) is 0 Å². The molecule has 7 heterocycles. The number of aliphatic hydroxyl groups excluding tert-OH is 22. The predicted octanol–water partition coefficient (Wildman–Crippen LogP) is -10.6. The molecule has 41 atom stereocenters. The van der Waals surface area contributed by atoms with Crippen LogP contribution in [0.1, 0.15) is 78.6 Å². The van der Waals surface area contributed by atoms with Gasteiger partial charge in [0.2, 0.25) is 6.29 Å². The molecule has 22 N–H and O–H groups in total. The van der Waals surface area contributed by atoms with E-state index in [1.54, 1.807) is 6.92 Å². The number of rotatable bonds is 20. The smallest absolute Gasteiger partial charge is 0.314 e. The molecule has 11 fully saturated rings. The lowest BCUT2D eigenvalue weighted by molar-refractivity contribution is -0.400. The number of carbonyl (C=O) groups excluding carboxylic acids is 1. The minimum Gasteiger partial charge on any atom is -0.432 e. The molecule has 7 aliphatic heterocycles. The van der Waals surface area contributed by atoms with Gasteiger partial charge in [-0.15, -0.1) is 0 Å². The standard InChI is InChI=1S/C62H100O37/c1-20-12-61-10-6-28-59(3,29(61)7-11-62(20,19-61)99-57-50(97-55-44(83)39(78)33(72)25(16-66)90-55)48(35(74)27(18-68)92-57)95-54-43(82)38(77)32(71)24(15-65)89-54)8-5-9-60(28,4)58(85)98-56-49(47(34(73)26(17-67)91-56)94-53-42(81)37(76)31(70)23(14-64)88-53)96-51-45(84)40(79)46(21(2)86-51)93-52-41(80)36(75)30(69)22(13-63)87-52/h21-57,63-84H,1,5-19H2,2-4H3/t21?,22?,23?,24?,25?,26?,27?,28-,29-,30?,31?,32?,33?,34?,35?,36?,37?,38?,39?,40?,41?,42?,43?,44?,45?,46?,47?,48?,49?,50?,51?,52?,53?,54?,55?,56?,57?,59+,60+,61+,62?/m0/s1. The highest BCUT2D eigenvalue weighted by Crippen LogP contribution is 2.74. The fourth-order valence-electron chi connectivity index (χ4n) is 17.9. The first-order valence-corrected chi connectivity index (χ1v) is 33.8. The lowest BCUT2D eigenvalue weighted by Crippen LogP contribution is -2.68. The van der Waals surface area contributed by atoms with Crippen molar-refractivity contribution >= 4 is 5.97 Å². The van der Waals surface area contributed by atoms with Crippen LogP contribution in [0.2, 0.25) is 0 Å². The minimum atomic E-state index is -2.16. The Kier molecular flexibility index (Phi) is 24.1. The topological polar surface area (TPSA) is 591 Å². The summed E-state index contributed by atoms with van der Waals surface area (Å²) in [5, 5.41) is 238. The van der Waals surface area contributed by atoms with Crippen LogP contribution in [0.3, 0.4) is 0 Å². The van der Waals surface area contributed by atoms with E-state index in [2.05, 4.69) is 13.5 Å². The average molecular weight is 1440 g/mol. The summed E-state index contributed by atoms with van der Waals surface area (Å²) >= 11 is 0. The van der Waals surface area contributed by atoms with Crippen LogP contribution in [0.5, 0.6) is 0 Å². The van der Waals surface area contributed by atoms with Crippen LogP contribution < -0.4 is 0 Å². The van der Waals surface area contributed by atoms with Gasteiger partial charge in [-0.2, -0.15) is 0 Å². The maximum atomic E-state index is 15.6. The van der Waals surface area contributed by atoms with Crippen molar-refractivity contribution in [2.75, 3.05) is 39.6 Å². The molecule has 0 radical (unpaired) electrons. The van der Waals surface area contributed by atoms with E-state index < -0.39 is 288 Å². The Hall–Kier alpha value is -2.19. The molecule has 570 valence electrons. The van der Waals surface area contributed by atoms with Gasteiger partial charge in [-0.3, -0.25) is 4.79 Å². The van der Waals surface area contributed by atoms with Gasteiger partial charge in [0.1, 0.15) is 159 Å². The van der Waals surface area contributed by atoms with Crippen LogP contribution in [0.15, 0.2) is 12.2 Å². The highest BCUT2D eigenvalue weighted by atomic mass is 16.8. The molecule has 0 aromatic rings. The lowest BCUT2D eigenvalue weighted by Gasteiger charge is -2.64. The van der Waals surface area contributed by atoms with E-state index in [0.29, 0.717) is 44.1 Å². The third-order valence-corrected chi connectivity index (χ3v) is 23.4. The van der Waals surface area contributed by atoms with Crippen molar-refractivity contribution in [1.82, 2.24) is 0 Å². The fraction of sp³-hybridized carbons (Fsp3) is 0.952. The van der Waals surface area contributed by atoms with Crippen molar-refractivity contribution in [3.63, 3.8) is 0 Å². The molecule has 36 unspecified atom stereocenters. The van der Waals surface area contributed by atoms with Gasteiger partial charge in [0.25, 0.3) is 0 Å². The van der Waals surface area contributed by atoms with Crippen molar-refractivity contribution in [3.8, 4) is 0 Å². The molecular formula is C62H100O37. The van der Waals surface area contributed by atoms with E-state index in [-0.39, 0.29) is 25.2 Å². The largest absolute Gasteiger partial charge is 0.432 e. The summed E-state index contributed by atoms with van der Waals surface area (Å²) in [6.45, 7) is 4.32. The number of esters is 1. The molecule has 4 aliphatic carbocycles. The Morgan fingerprint density at radius 2 is 0.758 bits per heavy atom. The maximum absolute atomic E-state index is 15.6. The summed E-state index contributed by atoms with van der Waals surface area (Å²) in [4.78, 5) is 15.6. The predicted molar refractivity (Wildman–Crippen MR) is 316 cm³/mol. The van der Waals surface area contributed by atoms with Gasteiger partial charge in [-0.25, -0.2) is 0 Å². The SMILES string of the molecule is C=C1C[C@@]23CC[C@H]4[C@@](C)(CCC[C@@]4(C)C(=O)OC4OC(CO)C(O)C(OC5OC(CO)C(O)C(O)C5O)C4OC4OC(C)C(OC5OC(CO)C(O)C(O)C5O)C(O)C4O)[C@@H]2CCC1(OC1OC(CO)C(O)C(OC2OC(CO)C(O)C(O)C2O)C1OC1OC(CO)C(O)C(O)C1O)C3. The van der Waals surface area contributed by atoms with Crippen LogP contribution in [0.25, 0.3) is 0 Å². The Bertz CT molecular complexity index is 2700. The number of hydrogen-bond acceptors (Lipinski definition) is 37. The number of fused-ring (bicyclic) bond motifs is 3. The molecule has 1 spiro atoms. The summed E-state index contributed by atoms with van der Waals surface area (Å²) < 4.78 is 85.2. The first kappa shape index (κ1) is 77.9. The van der Waals surface area contributed by atoms with E-state index in [4.69, 9.17) is 66.3 Å². The van der Waals surface area contributed by atoms with Crippen LogP contribution in [-0.2, 0) is 71.1 Å². The minimum absolute atomic E-state index is 0.186. The van der Waals surface area contributed by atoms with E-state index in [1.165, 1.54) is 6.92 Å². The van der Waals surface area contributed by atoms with Crippen molar-refractivity contribution < 1.29 is 183 Å². The summed E-state index contributed by atoms with van der Waals surface area (Å²) in [6.07, 6.45) is -61.4. The van der Waals surface area contributed by atoms with Gasteiger partial charge in [-0.05, 0) is 93.5 Å². The number of hydrogen-bond donors (Lipinski definition) is 22. The molecule has 11 aliphatic rings. The molecule has 0 aromatic heterocycles. The second kappa shape index (κ2) is 30.6. The van der Waals surface area contributed by atoms with Gasteiger partial charge in [0.05, 0.1) is 56.8 Å². The van der Waals surface area contributed by atoms with Crippen molar-refractivity contribution in [1.29, 1.82) is 0 Å². The third kappa shape index (κ3) is 14.0. The first-order valence-electron chi connectivity index (χ1n) is 33.8. The molecular weight excluding hydrogens is 1340 g/mol. The number of aliphatic hydroxyl groups is 22. The normalized spacial score (nSPS) is 54.9. The second-order valence-corrected chi connectivity index (χ2v) is 29.2. The summed E-state index contributed by atoms with van der Waals surface area (Å²) in [5.41, 5.74) is -3.39. The third-order valence-electron chi connectivity index (χ3n) is 23.4. The van der Waals surface area contributed by atoms with Crippen molar-refractivity contribution in [2.24, 2.45) is 28.1 Å². The summed E-state index contributed by atoms with van der Waals surface area (Å²) in [5.74, 6) is -1.53. The summed E-state index contributed by atoms with van der Waals surface area (Å²) in [6, 6.07) is 0. The van der Waals surface area contributed by atoms with E-state index in [0.717, 1.165) is 0 Å². The van der Waals surface area contributed by atoms with Gasteiger partial charge < -0.3 is 179 Å². The molecule has 2 bridgehead atoms. The Balaban J connectivity index is 0.856. The highest BCUT2D eigenvalue weighted by Gasteiger charge is 2.70. The quantitative estimate of drug-likeness (QED) is 0.0306. The number of ether oxygens (including phenoxy) is 14. The monoisotopic (exact) mass is 1440 g/mol. The molecule has 37 heteroatoms. The number of carbonyl (C=O) groups is 1. The zero-order valence-corrected chi connectivity index (χ0v) is 54.6. The van der Waals surface area contributed by atoms with Crippen molar-refractivity contribution in [3.05, 3.63) is 12.2 Å². The molecule has 0 aromatic carbocycles.